The van der Waals surface area contributed by atoms with Crippen molar-refractivity contribution in [2.75, 3.05) is 11.9 Å². The first-order chi connectivity index (χ1) is 11.2. The van der Waals surface area contributed by atoms with E-state index in [1.165, 1.54) is 11.3 Å². The van der Waals surface area contributed by atoms with Gasteiger partial charge >= 0.3 is 0 Å². The highest BCUT2D eigenvalue weighted by Gasteiger charge is 2.15. The summed E-state index contributed by atoms with van der Waals surface area (Å²) in [5.41, 5.74) is 0.599. The van der Waals surface area contributed by atoms with Crippen LogP contribution in [0.5, 0.6) is 0 Å². The topological polar surface area (TPSA) is 83.6 Å². The number of benzene rings is 1. The number of para-hydroxylation sites is 1. The Bertz CT molecular complexity index is 860. The standard InChI is InChI=1S/C15H17N5OS2/c1-3-8-16-14-19-20-15(23-14)22-9(2)12-17-11-7-5-4-6-10(11)13(21)18-12/h4-7,9H,3,8H2,1-2H3,(H,16,19)(H,17,18,21). The predicted octanol–water partition coefficient (Wildman–Crippen LogP) is 3.45. The maximum absolute atomic E-state index is 12.1. The molecule has 0 aliphatic heterocycles. The molecule has 3 aromatic rings. The van der Waals surface area contributed by atoms with Gasteiger partial charge in [0.15, 0.2) is 4.34 Å². The quantitative estimate of drug-likeness (QED) is 0.665. The fourth-order valence-corrected chi connectivity index (χ4v) is 4.04. The molecule has 1 aromatic carbocycles. The van der Waals surface area contributed by atoms with Crippen molar-refractivity contribution >= 4 is 39.1 Å². The number of hydrogen-bond donors (Lipinski definition) is 2. The first kappa shape index (κ1) is 15.9. The third kappa shape index (κ3) is 3.70. The molecule has 0 amide bonds. The van der Waals surface area contributed by atoms with Gasteiger partial charge in [-0.2, -0.15) is 0 Å². The molecule has 2 aromatic heterocycles. The lowest BCUT2D eigenvalue weighted by Crippen LogP contribution is -2.12. The molecule has 0 radical (unpaired) electrons. The van der Waals surface area contributed by atoms with E-state index in [9.17, 15) is 4.79 Å². The molecular formula is C15H17N5OS2. The van der Waals surface area contributed by atoms with Crippen LogP contribution in [-0.2, 0) is 0 Å². The molecule has 0 aliphatic rings. The molecule has 120 valence electrons. The highest BCUT2D eigenvalue weighted by Crippen LogP contribution is 2.35. The number of nitrogens with zero attached hydrogens (tertiary/aromatic N) is 3. The smallest absolute Gasteiger partial charge is 0.258 e. The molecule has 0 aliphatic carbocycles. The monoisotopic (exact) mass is 347 g/mol. The molecule has 3 rings (SSSR count). The van der Waals surface area contributed by atoms with E-state index >= 15 is 0 Å². The Morgan fingerprint density at radius 3 is 3.00 bits per heavy atom. The molecule has 23 heavy (non-hydrogen) atoms. The van der Waals surface area contributed by atoms with Crippen LogP contribution >= 0.6 is 23.1 Å². The summed E-state index contributed by atoms with van der Waals surface area (Å²) in [4.78, 5) is 19.6. The third-order valence-electron chi connectivity index (χ3n) is 3.23. The third-order valence-corrected chi connectivity index (χ3v) is 5.30. The molecular weight excluding hydrogens is 330 g/mol. The highest BCUT2D eigenvalue weighted by molar-refractivity contribution is 8.01. The molecule has 0 saturated carbocycles. The molecule has 0 saturated heterocycles. The van der Waals surface area contributed by atoms with Crippen molar-refractivity contribution in [3.63, 3.8) is 0 Å². The summed E-state index contributed by atoms with van der Waals surface area (Å²) < 4.78 is 0.854. The molecule has 0 bridgehead atoms. The number of rotatable bonds is 6. The molecule has 0 fully saturated rings. The van der Waals surface area contributed by atoms with Crippen LogP contribution in [0, 0.1) is 0 Å². The molecule has 1 unspecified atom stereocenters. The number of nitrogens with one attached hydrogen (secondary N) is 2. The summed E-state index contributed by atoms with van der Waals surface area (Å²) in [5.74, 6) is 0.650. The molecule has 2 heterocycles. The number of H-pyrrole nitrogens is 1. The number of thioether (sulfide) groups is 1. The second kappa shape index (κ2) is 7.10. The Morgan fingerprint density at radius 1 is 1.35 bits per heavy atom. The van der Waals surface area contributed by atoms with Crippen molar-refractivity contribution in [3.05, 3.63) is 40.4 Å². The Hall–Kier alpha value is -1.93. The molecule has 0 spiro atoms. The van der Waals surface area contributed by atoms with Gasteiger partial charge in [0.2, 0.25) is 5.13 Å². The van der Waals surface area contributed by atoms with E-state index in [1.54, 1.807) is 17.8 Å². The summed E-state index contributed by atoms with van der Waals surface area (Å²) in [6.07, 6.45) is 1.04. The van der Waals surface area contributed by atoms with E-state index in [-0.39, 0.29) is 10.8 Å². The summed E-state index contributed by atoms with van der Waals surface area (Å²) in [6, 6.07) is 7.35. The first-order valence-corrected chi connectivity index (χ1v) is 9.10. The van der Waals surface area contributed by atoms with Gasteiger partial charge in [0.25, 0.3) is 5.56 Å². The second-order valence-electron chi connectivity index (χ2n) is 5.03. The van der Waals surface area contributed by atoms with Crippen LogP contribution < -0.4 is 10.9 Å². The second-order valence-corrected chi connectivity index (χ2v) is 7.59. The number of aromatic nitrogens is 4. The summed E-state index contributed by atoms with van der Waals surface area (Å²) in [5, 5.41) is 12.9. The summed E-state index contributed by atoms with van der Waals surface area (Å²) >= 11 is 3.05. The van der Waals surface area contributed by atoms with Crippen molar-refractivity contribution < 1.29 is 0 Å². The lowest BCUT2D eigenvalue weighted by molar-refractivity contribution is 0.914. The van der Waals surface area contributed by atoms with Crippen molar-refractivity contribution in [2.24, 2.45) is 0 Å². The van der Waals surface area contributed by atoms with E-state index in [4.69, 9.17) is 0 Å². The van der Waals surface area contributed by atoms with Crippen LogP contribution in [0.25, 0.3) is 10.9 Å². The molecule has 6 nitrogen and oxygen atoms in total. The normalized spacial score (nSPS) is 12.4. The number of hydrogen-bond acceptors (Lipinski definition) is 7. The minimum Gasteiger partial charge on any atom is -0.360 e. The molecule has 2 N–H and O–H groups in total. The van der Waals surface area contributed by atoms with Gasteiger partial charge in [-0.05, 0) is 25.5 Å². The van der Waals surface area contributed by atoms with Crippen molar-refractivity contribution in [1.82, 2.24) is 20.2 Å². The van der Waals surface area contributed by atoms with Crippen molar-refractivity contribution in [2.45, 2.75) is 29.9 Å². The van der Waals surface area contributed by atoms with Crippen LogP contribution in [0.1, 0.15) is 31.3 Å². The van der Waals surface area contributed by atoms with Gasteiger partial charge in [0, 0.05) is 6.54 Å². The zero-order chi connectivity index (χ0) is 16.2. The van der Waals surface area contributed by atoms with Gasteiger partial charge in [-0.25, -0.2) is 4.98 Å². The van der Waals surface area contributed by atoms with Gasteiger partial charge < -0.3 is 10.3 Å². The van der Waals surface area contributed by atoms with Gasteiger partial charge in [-0.15, -0.1) is 10.2 Å². The van der Waals surface area contributed by atoms with Crippen LogP contribution in [-0.4, -0.2) is 26.7 Å². The number of aromatic amines is 1. The largest absolute Gasteiger partial charge is 0.360 e. The van der Waals surface area contributed by atoms with Gasteiger partial charge in [0.05, 0.1) is 16.2 Å². The van der Waals surface area contributed by atoms with Crippen LogP contribution in [0.4, 0.5) is 5.13 Å². The average molecular weight is 347 g/mol. The number of fused-ring (bicyclic) bond motifs is 1. The maximum Gasteiger partial charge on any atom is 0.258 e. The lowest BCUT2D eigenvalue weighted by Gasteiger charge is -2.08. The molecule has 8 heteroatoms. The van der Waals surface area contributed by atoms with E-state index in [2.05, 4.69) is 32.4 Å². The Kier molecular flexibility index (Phi) is 4.92. The minimum absolute atomic E-state index is 0.0146. The van der Waals surface area contributed by atoms with Gasteiger partial charge in [-0.1, -0.05) is 42.2 Å². The minimum atomic E-state index is -0.111. The Labute approximate surface area is 141 Å². The zero-order valence-electron chi connectivity index (χ0n) is 12.9. The van der Waals surface area contributed by atoms with Crippen molar-refractivity contribution in [1.29, 1.82) is 0 Å². The van der Waals surface area contributed by atoms with E-state index in [0.717, 1.165) is 22.4 Å². The van der Waals surface area contributed by atoms with Gasteiger partial charge in [-0.3, -0.25) is 4.79 Å². The SMILES string of the molecule is CCCNc1nnc(SC(C)c2nc3ccccc3c(=O)[nH]2)s1. The zero-order valence-corrected chi connectivity index (χ0v) is 14.5. The lowest BCUT2D eigenvalue weighted by atomic mass is 10.2. The fourth-order valence-electron chi connectivity index (χ4n) is 2.06. The fraction of sp³-hybridized carbons (Fsp3) is 0.333. The van der Waals surface area contributed by atoms with Crippen LogP contribution in [0.2, 0.25) is 0 Å². The van der Waals surface area contributed by atoms with Crippen LogP contribution in [0.3, 0.4) is 0 Å². The van der Waals surface area contributed by atoms with E-state index in [0.29, 0.717) is 16.7 Å². The first-order valence-electron chi connectivity index (χ1n) is 7.40. The average Bonchev–Trinajstić information content (AvgIpc) is 3.00. The Balaban J connectivity index is 1.79. The van der Waals surface area contributed by atoms with Crippen molar-refractivity contribution in [3.8, 4) is 0 Å². The predicted molar refractivity (Wildman–Crippen MR) is 95.3 cm³/mol. The Morgan fingerprint density at radius 2 is 2.17 bits per heavy atom. The highest BCUT2D eigenvalue weighted by atomic mass is 32.2. The maximum atomic E-state index is 12.1. The summed E-state index contributed by atoms with van der Waals surface area (Å²) in [7, 11) is 0. The van der Waals surface area contributed by atoms with E-state index < -0.39 is 0 Å². The summed E-state index contributed by atoms with van der Waals surface area (Å²) in [6.45, 7) is 4.99. The van der Waals surface area contributed by atoms with Crippen LogP contribution in [0.15, 0.2) is 33.4 Å². The van der Waals surface area contributed by atoms with E-state index in [1.807, 2.05) is 25.1 Å². The number of anilines is 1. The molecule has 1 atom stereocenters. The van der Waals surface area contributed by atoms with Gasteiger partial charge in [0.1, 0.15) is 5.82 Å².